The number of rotatable bonds is 8. The Morgan fingerprint density at radius 2 is 1.92 bits per heavy atom. The first kappa shape index (κ1) is 18.3. The summed E-state index contributed by atoms with van der Waals surface area (Å²) in [5.41, 5.74) is 0. The molecule has 24 heavy (non-hydrogen) atoms. The minimum Gasteiger partial charge on any atom is -0.482 e. The Kier molecular flexibility index (Phi) is 7.08. The van der Waals surface area contributed by atoms with Crippen molar-refractivity contribution in [2.75, 3.05) is 23.8 Å². The average molecular weight is 369 g/mol. The molecule has 0 saturated carbocycles. The van der Waals surface area contributed by atoms with Crippen molar-refractivity contribution < 1.29 is 9.53 Å². The van der Waals surface area contributed by atoms with Crippen molar-refractivity contribution in [3.8, 4) is 5.75 Å². The molecule has 128 valence electrons. The van der Waals surface area contributed by atoms with E-state index in [1.54, 1.807) is 30.3 Å². The molecule has 0 aliphatic rings. The van der Waals surface area contributed by atoms with E-state index in [4.69, 9.17) is 27.9 Å². The summed E-state index contributed by atoms with van der Waals surface area (Å²) in [6.07, 6.45) is 2.16. The van der Waals surface area contributed by atoms with Crippen LogP contribution in [0.25, 0.3) is 0 Å². The van der Waals surface area contributed by atoms with E-state index < -0.39 is 0 Å². The molecule has 0 aliphatic carbocycles. The number of carbonyl (C=O) groups excluding carboxylic acids is 1. The van der Waals surface area contributed by atoms with Gasteiger partial charge in [0.2, 0.25) is 0 Å². The third kappa shape index (κ3) is 5.86. The maximum Gasteiger partial charge on any atom is 0.263 e. The number of carbonyl (C=O) groups is 1. The number of hydrogen-bond donors (Lipinski definition) is 2. The second-order valence-corrected chi connectivity index (χ2v) is 5.84. The molecule has 2 aromatic rings. The molecule has 1 aromatic heterocycles. The van der Waals surface area contributed by atoms with Gasteiger partial charge < -0.3 is 15.4 Å². The maximum absolute atomic E-state index is 11.9. The van der Waals surface area contributed by atoms with Crippen LogP contribution < -0.4 is 15.4 Å². The van der Waals surface area contributed by atoms with Gasteiger partial charge in [-0.1, -0.05) is 36.5 Å². The van der Waals surface area contributed by atoms with Crippen LogP contribution in [0.4, 0.5) is 11.6 Å². The normalized spacial score (nSPS) is 10.3. The van der Waals surface area contributed by atoms with Gasteiger partial charge in [-0.2, -0.15) is 0 Å². The lowest BCUT2D eigenvalue weighted by Gasteiger charge is -2.09. The Hall–Kier alpha value is -2.05. The van der Waals surface area contributed by atoms with Crippen LogP contribution in [-0.4, -0.2) is 29.3 Å². The molecule has 8 heteroatoms. The van der Waals surface area contributed by atoms with Crippen LogP contribution in [0.15, 0.2) is 30.3 Å². The number of hydrogen-bond acceptors (Lipinski definition) is 5. The molecule has 0 atom stereocenters. The minimum absolute atomic E-state index is 0.195. The Balaban J connectivity index is 1.81. The smallest absolute Gasteiger partial charge is 0.263 e. The summed E-state index contributed by atoms with van der Waals surface area (Å²) >= 11 is 11.8. The highest BCUT2D eigenvalue weighted by Gasteiger charge is 2.08. The number of nitrogens with one attached hydrogen (secondary N) is 2. The SMILES string of the molecule is CCCCNc1ccc(NC(=O)COc2ccc(Cl)cc2Cl)nn1. The zero-order chi connectivity index (χ0) is 17.4. The van der Waals surface area contributed by atoms with Crippen molar-refractivity contribution in [2.45, 2.75) is 19.8 Å². The van der Waals surface area contributed by atoms with E-state index >= 15 is 0 Å². The fraction of sp³-hybridized carbons (Fsp3) is 0.312. The molecular formula is C16H18Cl2N4O2. The lowest BCUT2D eigenvalue weighted by molar-refractivity contribution is -0.118. The molecule has 1 amide bonds. The summed E-state index contributed by atoms with van der Waals surface area (Å²) in [7, 11) is 0. The van der Waals surface area contributed by atoms with Crippen molar-refractivity contribution in [1.29, 1.82) is 0 Å². The van der Waals surface area contributed by atoms with Crippen LogP contribution in [-0.2, 0) is 4.79 Å². The van der Waals surface area contributed by atoms with Gasteiger partial charge in [0, 0.05) is 11.6 Å². The third-order valence-electron chi connectivity index (χ3n) is 3.02. The lowest BCUT2D eigenvalue weighted by atomic mass is 10.3. The van der Waals surface area contributed by atoms with Crippen molar-refractivity contribution in [2.24, 2.45) is 0 Å². The van der Waals surface area contributed by atoms with Gasteiger partial charge in [-0.3, -0.25) is 4.79 Å². The highest BCUT2D eigenvalue weighted by Crippen LogP contribution is 2.27. The quantitative estimate of drug-likeness (QED) is 0.688. The number of aromatic nitrogens is 2. The molecule has 2 rings (SSSR count). The first-order valence-corrected chi connectivity index (χ1v) is 8.29. The largest absolute Gasteiger partial charge is 0.482 e. The van der Waals surface area contributed by atoms with Crippen molar-refractivity contribution in [3.05, 3.63) is 40.4 Å². The number of halogens is 2. The van der Waals surface area contributed by atoms with Gasteiger partial charge in [0.25, 0.3) is 5.91 Å². The molecule has 0 radical (unpaired) electrons. The lowest BCUT2D eigenvalue weighted by Crippen LogP contribution is -2.21. The van der Waals surface area contributed by atoms with Crippen LogP contribution in [0.5, 0.6) is 5.75 Å². The van der Waals surface area contributed by atoms with E-state index in [0.29, 0.717) is 27.4 Å². The fourth-order valence-electron chi connectivity index (χ4n) is 1.80. The third-order valence-corrected chi connectivity index (χ3v) is 3.55. The van der Waals surface area contributed by atoms with Gasteiger partial charge in [0.15, 0.2) is 12.4 Å². The van der Waals surface area contributed by atoms with Crippen LogP contribution in [0.2, 0.25) is 10.0 Å². The highest BCUT2D eigenvalue weighted by atomic mass is 35.5. The van der Waals surface area contributed by atoms with E-state index in [1.807, 2.05) is 0 Å². The molecular weight excluding hydrogens is 351 g/mol. The molecule has 1 aromatic carbocycles. The fourth-order valence-corrected chi connectivity index (χ4v) is 2.26. The highest BCUT2D eigenvalue weighted by molar-refractivity contribution is 6.35. The van der Waals surface area contributed by atoms with Gasteiger partial charge in [-0.15, -0.1) is 10.2 Å². The van der Waals surface area contributed by atoms with Gasteiger partial charge in [0.1, 0.15) is 11.6 Å². The summed E-state index contributed by atoms with van der Waals surface area (Å²) in [4.78, 5) is 11.9. The second kappa shape index (κ2) is 9.30. The summed E-state index contributed by atoms with van der Waals surface area (Å²) < 4.78 is 5.35. The number of unbranched alkanes of at least 4 members (excludes halogenated alkanes) is 1. The minimum atomic E-state index is -0.359. The molecule has 6 nitrogen and oxygen atoms in total. The zero-order valence-electron chi connectivity index (χ0n) is 13.2. The molecule has 0 saturated heterocycles. The van der Waals surface area contributed by atoms with Gasteiger partial charge in [-0.25, -0.2) is 0 Å². The van der Waals surface area contributed by atoms with E-state index in [9.17, 15) is 4.79 Å². The summed E-state index contributed by atoms with van der Waals surface area (Å²) in [6.45, 7) is 2.76. The number of nitrogens with zero attached hydrogens (tertiary/aromatic N) is 2. The predicted octanol–water partition coefficient (Wildman–Crippen LogP) is 4.01. The Bertz CT molecular complexity index is 680. The molecule has 2 N–H and O–H groups in total. The summed E-state index contributed by atoms with van der Waals surface area (Å²) in [5.74, 6) is 1.05. The Morgan fingerprint density at radius 3 is 2.58 bits per heavy atom. The van der Waals surface area contributed by atoms with Crippen molar-refractivity contribution in [1.82, 2.24) is 10.2 Å². The average Bonchev–Trinajstić information content (AvgIpc) is 2.56. The predicted molar refractivity (Wildman–Crippen MR) is 96.0 cm³/mol. The van der Waals surface area contributed by atoms with E-state index in [2.05, 4.69) is 27.8 Å². The zero-order valence-corrected chi connectivity index (χ0v) is 14.7. The monoisotopic (exact) mass is 368 g/mol. The standard InChI is InChI=1S/C16H18Cl2N4O2/c1-2-3-8-19-14-6-7-15(22-21-14)20-16(23)10-24-13-5-4-11(17)9-12(13)18/h4-7,9H,2-3,8,10H2,1H3,(H,19,21)(H,20,22,23). The molecule has 1 heterocycles. The molecule has 0 fully saturated rings. The molecule has 0 spiro atoms. The van der Waals surface area contributed by atoms with Gasteiger partial charge >= 0.3 is 0 Å². The van der Waals surface area contributed by atoms with Crippen molar-refractivity contribution in [3.63, 3.8) is 0 Å². The first-order valence-electron chi connectivity index (χ1n) is 7.54. The molecule has 0 aliphatic heterocycles. The maximum atomic E-state index is 11.9. The van der Waals surface area contributed by atoms with E-state index in [1.165, 1.54) is 0 Å². The van der Waals surface area contributed by atoms with Gasteiger partial charge in [-0.05, 0) is 36.8 Å². The molecule has 0 bridgehead atoms. The van der Waals surface area contributed by atoms with E-state index in [0.717, 1.165) is 19.4 Å². The molecule has 0 unspecified atom stereocenters. The topological polar surface area (TPSA) is 76.1 Å². The van der Waals surface area contributed by atoms with Crippen LogP contribution in [0.3, 0.4) is 0 Å². The number of anilines is 2. The Morgan fingerprint density at radius 1 is 1.17 bits per heavy atom. The first-order chi connectivity index (χ1) is 11.6. The van der Waals surface area contributed by atoms with Crippen molar-refractivity contribution >= 4 is 40.7 Å². The number of benzene rings is 1. The van der Waals surface area contributed by atoms with Crippen LogP contribution in [0.1, 0.15) is 19.8 Å². The van der Waals surface area contributed by atoms with E-state index in [-0.39, 0.29) is 12.5 Å². The van der Waals surface area contributed by atoms with Gasteiger partial charge in [0.05, 0.1) is 5.02 Å². The number of amides is 1. The summed E-state index contributed by atoms with van der Waals surface area (Å²) in [5, 5.41) is 14.5. The second-order valence-electron chi connectivity index (χ2n) is 5.00. The van der Waals surface area contributed by atoms with Crippen LogP contribution in [0, 0.1) is 0 Å². The van der Waals surface area contributed by atoms with Crippen LogP contribution >= 0.6 is 23.2 Å². The Labute approximate surface area is 150 Å². The summed E-state index contributed by atoms with van der Waals surface area (Å²) in [6, 6.07) is 8.22. The number of ether oxygens (including phenoxy) is 1.